The zero-order chi connectivity index (χ0) is 8.97. The van der Waals surface area contributed by atoms with Crippen molar-refractivity contribution < 1.29 is 0 Å². The van der Waals surface area contributed by atoms with E-state index >= 15 is 0 Å². The third-order valence-corrected chi connectivity index (χ3v) is 2.14. The highest BCUT2D eigenvalue weighted by molar-refractivity contribution is 7.81. The zero-order valence-corrected chi connectivity index (χ0v) is 9.07. The number of nitrogens with one attached hydrogen (secondary N) is 1. The molecule has 0 aromatic heterocycles. The molecule has 0 amide bonds. The molecule has 0 spiro atoms. The average Bonchev–Trinajstić information content (AvgIpc) is 2.56. The van der Waals surface area contributed by atoms with Crippen LogP contribution in [0, 0.1) is 5.41 Å². The van der Waals surface area contributed by atoms with Gasteiger partial charge in [-0.25, -0.2) is 4.99 Å². The molecule has 0 radical (unpaired) electrons. The minimum absolute atomic E-state index is 0. The summed E-state index contributed by atoms with van der Waals surface area (Å²) in [6.45, 7) is 1.87. The number of nitrogens with two attached hydrogens (primary N) is 1. The van der Waals surface area contributed by atoms with Crippen LogP contribution in [0.3, 0.4) is 0 Å². The molecule has 1 aliphatic heterocycles. The first-order chi connectivity index (χ1) is 5.74. The van der Waals surface area contributed by atoms with Crippen LogP contribution in [0.15, 0.2) is 4.99 Å². The van der Waals surface area contributed by atoms with Crippen LogP contribution in [0.4, 0.5) is 0 Å². The summed E-state index contributed by atoms with van der Waals surface area (Å²) in [4.78, 5) is 5.83. The Kier molecular flexibility index (Phi) is 5.90. The summed E-state index contributed by atoms with van der Waals surface area (Å²) < 4.78 is 0. The lowest BCUT2D eigenvalue weighted by Gasteiger charge is -2.14. The molecule has 0 aromatic carbocycles. The summed E-state index contributed by atoms with van der Waals surface area (Å²) in [5.74, 6) is 1.10. The number of guanidine groups is 1. The van der Waals surface area contributed by atoms with Gasteiger partial charge >= 0.3 is 0 Å². The fraction of sp³-hybridized carbons (Fsp3) is 0.714. The molecule has 4 nitrogen and oxygen atoms in total. The summed E-state index contributed by atoms with van der Waals surface area (Å²) in [5.41, 5.74) is 5.45. The summed E-state index contributed by atoms with van der Waals surface area (Å²) in [5, 5.41) is 7.54. The van der Waals surface area contributed by atoms with E-state index in [1.807, 2.05) is 4.90 Å². The maximum Gasteiger partial charge on any atom is 0.219 e. The maximum absolute atomic E-state index is 7.54. The molecule has 76 valence electrons. The number of rotatable bonds is 1. The van der Waals surface area contributed by atoms with Crippen molar-refractivity contribution >= 4 is 36.8 Å². The van der Waals surface area contributed by atoms with Crippen molar-refractivity contribution in [3.63, 3.8) is 0 Å². The summed E-state index contributed by atoms with van der Waals surface area (Å²) >= 11 is 3.96. The number of likely N-dealkylation sites (tertiary alicyclic amines) is 1. The molecule has 13 heavy (non-hydrogen) atoms. The van der Waals surface area contributed by atoms with Gasteiger partial charge in [0, 0.05) is 18.8 Å². The van der Waals surface area contributed by atoms with Crippen LogP contribution in [-0.2, 0) is 0 Å². The fourth-order valence-electron chi connectivity index (χ4n) is 1.17. The van der Waals surface area contributed by atoms with Gasteiger partial charge < -0.3 is 10.6 Å². The molecule has 1 saturated heterocycles. The van der Waals surface area contributed by atoms with E-state index in [2.05, 4.69) is 17.6 Å². The second-order valence-electron chi connectivity index (χ2n) is 2.78. The lowest BCUT2D eigenvalue weighted by molar-refractivity contribution is 0.510. The van der Waals surface area contributed by atoms with Crippen molar-refractivity contribution in [2.45, 2.75) is 12.8 Å². The Morgan fingerprint density at radius 1 is 1.46 bits per heavy atom. The number of hydrogen-bond acceptors (Lipinski definition) is 2. The highest BCUT2D eigenvalue weighted by Crippen LogP contribution is 2.07. The van der Waals surface area contributed by atoms with Crippen molar-refractivity contribution in [1.29, 1.82) is 5.41 Å². The summed E-state index contributed by atoms with van der Waals surface area (Å²) in [6.07, 6.45) is 2.30. The van der Waals surface area contributed by atoms with E-state index in [9.17, 15) is 0 Å². The zero-order valence-electron chi connectivity index (χ0n) is 7.36. The molecule has 1 fully saturated rings. The van der Waals surface area contributed by atoms with Crippen LogP contribution >= 0.6 is 25.0 Å². The second-order valence-corrected chi connectivity index (χ2v) is 3.10. The van der Waals surface area contributed by atoms with Gasteiger partial charge in [-0.2, -0.15) is 12.6 Å². The Morgan fingerprint density at radius 2 is 2.00 bits per heavy atom. The van der Waals surface area contributed by atoms with Gasteiger partial charge in [-0.3, -0.25) is 5.41 Å². The molecular weight excluding hydrogens is 208 g/mol. The van der Waals surface area contributed by atoms with E-state index in [0.717, 1.165) is 25.9 Å². The van der Waals surface area contributed by atoms with Crippen molar-refractivity contribution in [2.75, 3.05) is 18.8 Å². The van der Waals surface area contributed by atoms with E-state index in [1.165, 1.54) is 0 Å². The predicted molar refractivity (Wildman–Crippen MR) is 61.3 cm³/mol. The predicted octanol–water partition coefficient (Wildman–Crippen LogP) is 0.726. The minimum atomic E-state index is 0. The van der Waals surface area contributed by atoms with Crippen LogP contribution in [0.1, 0.15) is 12.8 Å². The number of hydrogen-bond donors (Lipinski definition) is 3. The molecule has 0 bridgehead atoms. The van der Waals surface area contributed by atoms with Gasteiger partial charge in [-0.1, -0.05) is 0 Å². The third kappa shape index (κ3) is 3.87. The number of amidine groups is 1. The molecule has 0 atom stereocenters. The van der Waals surface area contributed by atoms with E-state index in [0.29, 0.717) is 11.6 Å². The van der Waals surface area contributed by atoms with Gasteiger partial charge in [0.2, 0.25) is 5.96 Å². The van der Waals surface area contributed by atoms with Gasteiger partial charge in [-0.15, -0.1) is 12.4 Å². The van der Waals surface area contributed by atoms with Crippen LogP contribution in [0.25, 0.3) is 0 Å². The van der Waals surface area contributed by atoms with Gasteiger partial charge in [0.05, 0.1) is 0 Å². The molecule has 0 aliphatic carbocycles. The van der Waals surface area contributed by atoms with Crippen LogP contribution in [0.2, 0.25) is 0 Å². The smallest absolute Gasteiger partial charge is 0.219 e. The number of aliphatic imine (C=N–C) groups is 1. The first-order valence-electron chi connectivity index (χ1n) is 4.01. The molecule has 0 saturated carbocycles. The number of thiol groups is 1. The Bertz CT molecular complexity index is 201. The first kappa shape index (κ1) is 12.6. The lowest BCUT2D eigenvalue weighted by Crippen LogP contribution is -2.28. The van der Waals surface area contributed by atoms with Gasteiger partial charge in [-0.05, 0) is 12.8 Å². The highest BCUT2D eigenvalue weighted by atomic mass is 35.5. The Morgan fingerprint density at radius 3 is 2.46 bits per heavy atom. The normalized spacial score (nSPS) is 17.0. The number of nitrogens with zero attached hydrogens (tertiary/aromatic N) is 2. The quantitative estimate of drug-likeness (QED) is 0.348. The van der Waals surface area contributed by atoms with Crippen LogP contribution < -0.4 is 5.73 Å². The van der Waals surface area contributed by atoms with Crippen molar-refractivity contribution in [3.8, 4) is 0 Å². The Balaban J connectivity index is 0.00000144. The minimum Gasteiger partial charge on any atom is -0.386 e. The van der Waals surface area contributed by atoms with Gasteiger partial charge in [0.25, 0.3) is 0 Å². The largest absolute Gasteiger partial charge is 0.386 e. The first-order valence-corrected chi connectivity index (χ1v) is 4.64. The maximum atomic E-state index is 7.54. The van der Waals surface area contributed by atoms with Gasteiger partial charge in [0.1, 0.15) is 5.84 Å². The number of halogens is 1. The average molecular weight is 223 g/mol. The summed E-state index contributed by atoms with van der Waals surface area (Å²) in [6, 6.07) is 0. The molecule has 1 aliphatic rings. The fourth-order valence-corrected chi connectivity index (χ4v) is 1.24. The molecule has 3 N–H and O–H groups in total. The van der Waals surface area contributed by atoms with Gasteiger partial charge in [0.15, 0.2) is 0 Å². The lowest BCUT2D eigenvalue weighted by atomic mass is 10.4. The SMILES string of the molecule is Cl.N=C(/N=C(\N)CS)N1CCCC1. The Labute approximate surface area is 89.9 Å². The standard InChI is InChI=1S/C7H14N4S.ClH/c8-6(5-12)10-7(9)11-3-1-2-4-11;/h12H,1-5H2,(H3,8,9,10);1H. The van der Waals surface area contributed by atoms with Crippen molar-refractivity contribution in [3.05, 3.63) is 0 Å². The van der Waals surface area contributed by atoms with Crippen molar-refractivity contribution in [2.24, 2.45) is 10.7 Å². The van der Waals surface area contributed by atoms with E-state index in [-0.39, 0.29) is 18.4 Å². The highest BCUT2D eigenvalue weighted by Gasteiger charge is 2.13. The molecule has 0 unspecified atom stereocenters. The topological polar surface area (TPSA) is 65.5 Å². The van der Waals surface area contributed by atoms with Crippen molar-refractivity contribution in [1.82, 2.24) is 4.90 Å². The molecule has 1 heterocycles. The van der Waals surface area contributed by atoms with E-state index < -0.39 is 0 Å². The van der Waals surface area contributed by atoms with E-state index in [4.69, 9.17) is 11.1 Å². The van der Waals surface area contributed by atoms with Crippen LogP contribution in [-0.4, -0.2) is 35.5 Å². The molecular formula is C7H15ClN4S. The molecule has 1 rings (SSSR count). The van der Waals surface area contributed by atoms with E-state index in [1.54, 1.807) is 0 Å². The van der Waals surface area contributed by atoms with Crippen LogP contribution in [0.5, 0.6) is 0 Å². The molecule has 6 heteroatoms. The molecule has 0 aromatic rings. The second kappa shape index (κ2) is 6.10. The third-order valence-electron chi connectivity index (χ3n) is 1.82. The summed E-state index contributed by atoms with van der Waals surface area (Å²) in [7, 11) is 0. The monoisotopic (exact) mass is 222 g/mol. The Hall–Kier alpha value is -0.420.